The highest BCUT2D eigenvalue weighted by Crippen LogP contribution is 2.46. The van der Waals surface area contributed by atoms with Crippen LogP contribution in [0.25, 0.3) is 40.4 Å². The summed E-state index contributed by atoms with van der Waals surface area (Å²) in [4.78, 5) is 18.4. The number of hydrogen-bond acceptors (Lipinski definition) is 6. The fraction of sp³-hybridized carbons (Fsp3) is 0.138. The molecule has 2 aromatic carbocycles. The molecule has 5 rings (SSSR count). The van der Waals surface area contributed by atoms with Gasteiger partial charge in [-0.15, -0.1) is 34.0 Å². The number of carboxylic acids is 1. The van der Waals surface area contributed by atoms with Crippen molar-refractivity contribution < 1.29 is 9.90 Å². The van der Waals surface area contributed by atoms with Crippen LogP contribution in [0.15, 0.2) is 72.8 Å². The third-order valence-corrected chi connectivity index (χ3v) is 10.1. The molecule has 5 aromatic rings. The quantitative estimate of drug-likeness (QED) is 0.195. The van der Waals surface area contributed by atoms with Gasteiger partial charge >= 0.3 is 5.97 Å². The minimum Gasteiger partial charge on any atom is -0.481 e. The van der Waals surface area contributed by atoms with Crippen molar-refractivity contribution in [2.75, 3.05) is 0 Å². The van der Waals surface area contributed by atoms with Crippen molar-refractivity contribution in [1.29, 1.82) is 0 Å². The predicted octanol–water partition coefficient (Wildman–Crippen LogP) is 7.39. The Balaban J connectivity index is 1.54. The van der Waals surface area contributed by atoms with E-state index in [4.69, 9.17) is 11.5 Å². The summed E-state index contributed by atoms with van der Waals surface area (Å²) in [6.45, 7) is 3.09. The van der Waals surface area contributed by atoms with E-state index in [1.165, 1.54) is 25.8 Å². The topological polar surface area (TPSA) is 89.3 Å². The third-order valence-electron chi connectivity index (χ3n) is 6.13. The highest BCUT2D eigenvalue weighted by molar-refractivity contribution is 7.28. The maximum Gasteiger partial charge on any atom is 0.307 e. The molecule has 3 aromatic heterocycles. The van der Waals surface area contributed by atoms with E-state index in [1.54, 1.807) is 34.0 Å². The van der Waals surface area contributed by atoms with E-state index in [0.717, 1.165) is 36.9 Å². The summed E-state index contributed by atoms with van der Waals surface area (Å²) < 4.78 is 0. The largest absolute Gasteiger partial charge is 0.481 e. The molecule has 0 saturated heterocycles. The number of aliphatic carboxylic acids is 1. The first-order valence-corrected chi connectivity index (χ1v) is 14.1. The lowest BCUT2D eigenvalue weighted by Crippen LogP contribution is -1.99. The van der Waals surface area contributed by atoms with Crippen LogP contribution < -0.4 is 11.5 Å². The van der Waals surface area contributed by atoms with Gasteiger partial charge in [-0.1, -0.05) is 48.5 Å². The van der Waals surface area contributed by atoms with E-state index >= 15 is 0 Å². The number of thiophene rings is 3. The van der Waals surface area contributed by atoms with Crippen molar-refractivity contribution in [3.05, 3.63) is 95.1 Å². The van der Waals surface area contributed by atoms with Gasteiger partial charge in [0, 0.05) is 42.4 Å². The fourth-order valence-electron chi connectivity index (χ4n) is 4.38. The standard InChI is InChI=1S/C29H26N2O2S3/c1-17-12-25(21-8-4-2-6-18(21)15-30)35-28(17)23-10-11-24(34-23)29-20(14-27(32)33)13-26(36-29)22-9-5-3-7-19(22)16-31/h2-13H,14-16,30-31H2,1H3,(H,32,33). The number of carbonyl (C=O) groups is 1. The lowest BCUT2D eigenvalue weighted by atomic mass is 10.0. The zero-order valence-corrected chi connectivity index (χ0v) is 22.2. The van der Waals surface area contributed by atoms with E-state index < -0.39 is 5.97 Å². The molecule has 0 spiro atoms. The lowest BCUT2D eigenvalue weighted by molar-refractivity contribution is -0.136. The maximum atomic E-state index is 11.7. The van der Waals surface area contributed by atoms with Gasteiger partial charge in [-0.2, -0.15) is 0 Å². The number of nitrogens with two attached hydrogens (primary N) is 2. The van der Waals surface area contributed by atoms with Crippen LogP contribution in [0.1, 0.15) is 22.3 Å². The summed E-state index contributed by atoms with van der Waals surface area (Å²) in [6, 6.07) is 24.8. The van der Waals surface area contributed by atoms with Gasteiger partial charge in [-0.3, -0.25) is 4.79 Å². The summed E-state index contributed by atoms with van der Waals surface area (Å²) >= 11 is 5.12. The first kappa shape index (κ1) is 24.6. The Morgan fingerprint density at radius 2 is 1.22 bits per heavy atom. The summed E-state index contributed by atoms with van der Waals surface area (Å²) in [6.07, 6.45) is -0.0120. The summed E-state index contributed by atoms with van der Waals surface area (Å²) in [5, 5.41) is 9.57. The van der Waals surface area contributed by atoms with E-state index in [1.807, 2.05) is 36.4 Å². The molecular formula is C29H26N2O2S3. The monoisotopic (exact) mass is 530 g/mol. The van der Waals surface area contributed by atoms with E-state index in [-0.39, 0.29) is 6.42 Å². The highest BCUT2D eigenvalue weighted by atomic mass is 32.1. The predicted molar refractivity (Wildman–Crippen MR) is 154 cm³/mol. The van der Waals surface area contributed by atoms with Gasteiger partial charge < -0.3 is 16.6 Å². The Kier molecular flexibility index (Phi) is 7.18. The normalized spacial score (nSPS) is 11.2. The van der Waals surface area contributed by atoms with Crippen LogP contribution in [-0.2, 0) is 24.3 Å². The molecule has 7 heteroatoms. The van der Waals surface area contributed by atoms with Gasteiger partial charge in [-0.25, -0.2) is 0 Å². The number of rotatable bonds is 8. The summed E-state index contributed by atoms with van der Waals surface area (Å²) in [5.41, 5.74) is 18.5. The van der Waals surface area contributed by atoms with Crippen molar-refractivity contribution in [3.63, 3.8) is 0 Å². The van der Waals surface area contributed by atoms with Crippen molar-refractivity contribution in [2.45, 2.75) is 26.4 Å². The second-order valence-corrected chi connectivity index (χ2v) is 11.7. The fourth-order valence-corrected chi connectivity index (χ4v) is 8.18. The van der Waals surface area contributed by atoms with Gasteiger partial charge in [0.15, 0.2) is 0 Å². The van der Waals surface area contributed by atoms with Crippen LogP contribution in [0.4, 0.5) is 0 Å². The number of carboxylic acid groups (broad SMARTS) is 1. The van der Waals surface area contributed by atoms with Gasteiger partial charge in [0.2, 0.25) is 0 Å². The molecular weight excluding hydrogens is 505 g/mol. The minimum atomic E-state index is -0.832. The molecule has 0 bridgehead atoms. The maximum absolute atomic E-state index is 11.7. The van der Waals surface area contributed by atoms with Crippen molar-refractivity contribution in [1.82, 2.24) is 0 Å². The molecule has 0 aliphatic heterocycles. The first-order valence-electron chi connectivity index (χ1n) is 11.6. The molecule has 0 fully saturated rings. The number of aryl methyl sites for hydroxylation is 1. The van der Waals surface area contributed by atoms with E-state index in [9.17, 15) is 9.90 Å². The molecule has 0 atom stereocenters. The lowest BCUT2D eigenvalue weighted by Gasteiger charge is -2.04. The molecule has 0 unspecified atom stereocenters. The molecule has 182 valence electrons. The summed E-state index contributed by atoms with van der Waals surface area (Å²) in [7, 11) is 0. The van der Waals surface area contributed by atoms with E-state index in [2.05, 4.69) is 43.3 Å². The Morgan fingerprint density at radius 3 is 1.81 bits per heavy atom. The average molecular weight is 531 g/mol. The van der Waals surface area contributed by atoms with Crippen LogP contribution in [0.2, 0.25) is 0 Å². The molecule has 0 saturated carbocycles. The second kappa shape index (κ2) is 10.5. The minimum absolute atomic E-state index is 0.0120. The molecule has 4 nitrogen and oxygen atoms in total. The third kappa shape index (κ3) is 4.81. The van der Waals surface area contributed by atoms with Gasteiger partial charge in [0.1, 0.15) is 0 Å². The van der Waals surface area contributed by atoms with Crippen molar-refractivity contribution in [2.24, 2.45) is 11.5 Å². The van der Waals surface area contributed by atoms with Crippen LogP contribution in [-0.4, -0.2) is 11.1 Å². The van der Waals surface area contributed by atoms with Crippen LogP contribution in [0.3, 0.4) is 0 Å². The van der Waals surface area contributed by atoms with Crippen molar-refractivity contribution in [3.8, 4) is 40.4 Å². The Bertz CT molecular complexity index is 1540. The number of benzene rings is 2. The molecule has 0 aliphatic carbocycles. The Labute approximate surface area is 222 Å². The second-order valence-electron chi connectivity index (χ2n) is 8.54. The zero-order valence-electron chi connectivity index (χ0n) is 19.8. The molecule has 0 amide bonds. The smallest absolute Gasteiger partial charge is 0.307 e. The molecule has 5 N–H and O–H groups in total. The Morgan fingerprint density at radius 1 is 0.694 bits per heavy atom. The number of hydrogen-bond donors (Lipinski definition) is 3. The van der Waals surface area contributed by atoms with E-state index in [0.29, 0.717) is 13.1 Å². The molecule has 3 heterocycles. The molecule has 0 aliphatic rings. The van der Waals surface area contributed by atoms with Crippen molar-refractivity contribution >= 4 is 40.0 Å². The van der Waals surface area contributed by atoms with Crippen LogP contribution >= 0.6 is 34.0 Å². The van der Waals surface area contributed by atoms with Gasteiger partial charge in [0.25, 0.3) is 0 Å². The molecule has 36 heavy (non-hydrogen) atoms. The van der Waals surface area contributed by atoms with Crippen LogP contribution in [0.5, 0.6) is 0 Å². The van der Waals surface area contributed by atoms with Gasteiger partial charge in [-0.05, 0) is 64.6 Å². The Hall–Kier alpha value is -3.07. The SMILES string of the molecule is Cc1cc(-c2ccccc2CN)sc1-c1ccc(-c2sc(-c3ccccc3CN)cc2CC(=O)O)s1. The highest BCUT2D eigenvalue weighted by Gasteiger charge is 2.19. The average Bonchev–Trinajstić information content (AvgIpc) is 3.62. The van der Waals surface area contributed by atoms with Crippen LogP contribution in [0, 0.1) is 6.92 Å². The van der Waals surface area contributed by atoms with Gasteiger partial charge in [0.05, 0.1) is 6.42 Å². The first-order chi connectivity index (χ1) is 17.5. The summed E-state index contributed by atoms with van der Waals surface area (Å²) in [5.74, 6) is -0.832. The zero-order chi connectivity index (χ0) is 25.2. The molecule has 0 radical (unpaired) electrons.